The molecule has 0 aliphatic carbocycles. The molecule has 0 heterocycles. The maximum absolute atomic E-state index is 10.6. The molecular formula is C14H13NO2. The van der Waals surface area contributed by atoms with Crippen LogP contribution in [0.25, 0.3) is 0 Å². The van der Waals surface area contributed by atoms with Crippen molar-refractivity contribution < 1.29 is 9.90 Å². The van der Waals surface area contributed by atoms with E-state index < -0.39 is 0 Å². The number of rotatable bonds is 3. The van der Waals surface area contributed by atoms with Crippen LogP contribution in [-0.4, -0.2) is 18.4 Å². The third-order valence-corrected chi connectivity index (χ3v) is 2.67. The highest BCUT2D eigenvalue weighted by Crippen LogP contribution is 2.27. The van der Waals surface area contributed by atoms with E-state index in [9.17, 15) is 9.90 Å². The molecule has 3 nitrogen and oxygen atoms in total. The fourth-order valence-electron chi connectivity index (χ4n) is 1.64. The molecule has 0 aliphatic rings. The van der Waals surface area contributed by atoms with Crippen molar-refractivity contribution in [3.05, 3.63) is 54.1 Å². The first-order chi connectivity index (χ1) is 8.22. The Morgan fingerprint density at radius 1 is 1.06 bits per heavy atom. The number of benzene rings is 2. The first-order valence-corrected chi connectivity index (χ1v) is 5.29. The maximum atomic E-state index is 10.6. The van der Waals surface area contributed by atoms with Gasteiger partial charge in [0.1, 0.15) is 5.75 Å². The SMILES string of the molecule is CN(c1ccccc1)c1ccc(C=O)c(O)c1. The van der Waals surface area contributed by atoms with E-state index in [1.54, 1.807) is 18.2 Å². The quantitative estimate of drug-likeness (QED) is 0.819. The number of carbonyl (C=O) groups excluding carboxylic acids is 1. The molecule has 0 aliphatic heterocycles. The molecular weight excluding hydrogens is 214 g/mol. The van der Waals surface area contributed by atoms with Crippen LogP contribution in [0, 0.1) is 0 Å². The summed E-state index contributed by atoms with van der Waals surface area (Å²) >= 11 is 0. The van der Waals surface area contributed by atoms with Gasteiger partial charge in [-0.2, -0.15) is 0 Å². The highest BCUT2D eigenvalue weighted by Gasteiger charge is 2.06. The minimum Gasteiger partial charge on any atom is -0.507 e. The van der Waals surface area contributed by atoms with Crippen LogP contribution in [0.4, 0.5) is 11.4 Å². The van der Waals surface area contributed by atoms with Gasteiger partial charge in [-0.05, 0) is 24.3 Å². The molecule has 0 spiro atoms. The highest BCUT2D eigenvalue weighted by atomic mass is 16.3. The van der Waals surface area contributed by atoms with Crippen LogP contribution in [0.15, 0.2) is 48.5 Å². The van der Waals surface area contributed by atoms with Crippen molar-refractivity contribution >= 4 is 17.7 Å². The zero-order valence-electron chi connectivity index (χ0n) is 9.50. The number of carbonyl (C=O) groups is 1. The molecule has 1 N–H and O–H groups in total. The Bertz CT molecular complexity index is 523. The molecule has 2 aromatic carbocycles. The van der Waals surface area contributed by atoms with Gasteiger partial charge in [-0.15, -0.1) is 0 Å². The molecule has 0 radical (unpaired) electrons. The Morgan fingerprint density at radius 3 is 2.35 bits per heavy atom. The zero-order valence-corrected chi connectivity index (χ0v) is 9.50. The number of nitrogens with zero attached hydrogens (tertiary/aromatic N) is 1. The Morgan fingerprint density at radius 2 is 1.76 bits per heavy atom. The van der Waals surface area contributed by atoms with Gasteiger partial charge in [0.05, 0.1) is 5.56 Å². The van der Waals surface area contributed by atoms with Crippen molar-refractivity contribution in [2.24, 2.45) is 0 Å². The van der Waals surface area contributed by atoms with E-state index in [0.29, 0.717) is 11.8 Å². The van der Waals surface area contributed by atoms with Crippen LogP contribution >= 0.6 is 0 Å². The number of phenolic OH excluding ortho intramolecular Hbond substituents is 1. The summed E-state index contributed by atoms with van der Waals surface area (Å²) in [5, 5.41) is 9.63. The molecule has 0 atom stereocenters. The Balaban J connectivity index is 2.35. The summed E-state index contributed by atoms with van der Waals surface area (Å²) in [7, 11) is 1.91. The highest BCUT2D eigenvalue weighted by molar-refractivity contribution is 5.81. The molecule has 86 valence electrons. The van der Waals surface area contributed by atoms with Crippen LogP contribution in [0.2, 0.25) is 0 Å². The predicted octanol–water partition coefficient (Wildman–Crippen LogP) is 2.97. The van der Waals surface area contributed by atoms with Gasteiger partial charge in [0.15, 0.2) is 6.29 Å². The minimum absolute atomic E-state index is 0.000260. The van der Waals surface area contributed by atoms with E-state index in [4.69, 9.17) is 0 Å². The first kappa shape index (κ1) is 11.2. The van der Waals surface area contributed by atoms with Crippen LogP contribution < -0.4 is 4.90 Å². The Kier molecular flexibility index (Phi) is 3.10. The molecule has 0 saturated heterocycles. The van der Waals surface area contributed by atoms with Crippen molar-refractivity contribution in [1.29, 1.82) is 0 Å². The van der Waals surface area contributed by atoms with Crippen molar-refractivity contribution in [3.8, 4) is 5.75 Å². The average molecular weight is 227 g/mol. The third kappa shape index (κ3) is 2.28. The summed E-state index contributed by atoms with van der Waals surface area (Å²) in [5.74, 6) is 0.000260. The smallest absolute Gasteiger partial charge is 0.153 e. The summed E-state index contributed by atoms with van der Waals surface area (Å²) in [6.07, 6.45) is 0.641. The number of phenols is 1. The molecule has 17 heavy (non-hydrogen) atoms. The number of para-hydroxylation sites is 1. The van der Waals surface area contributed by atoms with E-state index in [1.165, 1.54) is 0 Å². The molecule has 3 heteroatoms. The fourth-order valence-corrected chi connectivity index (χ4v) is 1.64. The number of anilines is 2. The van der Waals surface area contributed by atoms with Crippen molar-refractivity contribution in [1.82, 2.24) is 0 Å². The number of hydrogen-bond donors (Lipinski definition) is 1. The van der Waals surface area contributed by atoms with Crippen LogP contribution in [0.3, 0.4) is 0 Å². The van der Waals surface area contributed by atoms with Gasteiger partial charge in [0, 0.05) is 24.5 Å². The van der Waals surface area contributed by atoms with Gasteiger partial charge in [0.25, 0.3) is 0 Å². The Hall–Kier alpha value is -2.29. The van der Waals surface area contributed by atoms with Crippen molar-refractivity contribution in [3.63, 3.8) is 0 Å². The van der Waals surface area contributed by atoms with E-state index in [1.807, 2.05) is 42.3 Å². The summed E-state index contributed by atoms with van der Waals surface area (Å²) in [4.78, 5) is 12.5. The second kappa shape index (κ2) is 4.70. The second-order valence-electron chi connectivity index (χ2n) is 3.76. The van der Waals surface area contributed by atoms with Crippen LogP contribution in [0.1, 0.15) is 10.4 Å². The monoisotopic (exact) mass is 227 g/mol. The van der Waals surface area contributed by atoms with Gasteiger partial charge >= 0.3 is 0 Å². The number of aldehydes is 1. The fraction of sp³-hybridized carbons (Fsp3) is 0.0714. The van der Waals surface area contributed by atoms with Gasteiger partial charge < -0.3 is 10.0 Å². The van der Waals surface area contributed by atoms with Crippen molar-refractivity contribution in [2.45, 2.75) is 0 Å². The average Bonchev–Trinajstić information content (AvgIpc) is 2.39. The molecule has 0 bridgehead atoms. The molecule has 0 amide bonds. The maximum Gasteiger partial charge on any atom is 0.153 e. The molecule has 2 rings (SSSR count). The van der Waals surface area contributed by atoms with E-state index in [2.05, 4.69) is 0 Å². The second-order valence-corrected chi connectivity index (χ2v) is 3.76. The van der Waals surface area contributed by atoms with Gasteiger partial charge in [0.2, 0.25) is 0 Å². The lowest BCUT2D eigenvalue weighted by atomic mass is 10.2. The lowest BCUT2D eigenvalue weighted by molar-refractivity contribution is 0.112. The number of aromatic hydroxyl groups is 1. The standard InChI is InChI=1S/C14H13NO2/c1-15(12-5-3-2-4-6-12)13-8-7-11(10-16)14(17)9-13/h2-10,17H,1H3. The summed E-state index contributed by atoms with van der Waals surface area (Å²) in [6.45, 7) is 0. The zero-order chi connectivity index (χ0) is 12.3. The van der Waals surface area contributed by atoms with E-state index in [0.717, 1.165) is 11.4 Å². The molecule has 0 saturated carbocycles. The summed E-state index contributed by atoms with van der Waals surface area (Å²) in [5.41, 5.74) is 2.15. The minimum atomic E-state index is 0.000260. The summed E-state index contributed by atoms with van der Waals surface area (Å²) in [6, 6.07) is 14.8. The lowest BCUT2D eigenvalue weighted by Gasteiger charge is -2.19. The first-order valence-electron chi connectivity index (χ1n) is 5.29. The van der Waals surface area contributed by atoms with E-state index >= 15 is 0 Å². The van der Waals surface area contributed by atoms with Crippen molar-refractivity contribution in [2.75, 3.05) is 11.9 Å². The van der Waals surface area contributed by atoms with E-state index in [-0.39, 0.29) is 5.75 Å². The Labute approximate surface area is 99.9 Å². The number of hydrogen-bond acceptors (Lipinski definition) is 3. The lowest BCUT2D eigenvalue weighted by Crippen LogP contribution is -2.09. The molecule has 0 aromatic heterocycles. The van der Waals surface area contributed by atoms with Gasteiger partial charge in [-0.25, -0.2) is 0 Å². The predicted molar refractivity (Wildman–Crippen MR) is 68.0 cm³/mol. The largest absolute Gasteiger partial charge is 0.507 e. The molecule has 0 unspecified atom stereocenters. The topological polar surface area (TPSA) is 40.5 Å². The normalized spacial score (nSPS) is 9.94. The third-order valence-electron chi connectivity index (χ3n) is 2.67. The van der Waals surface area contributed by atoms with Crippen LogP contribution in [-0.2, 0) is 0 Å². The molecule has 0 fully saturated rings. The van der Waals surface area contributed by atoms with Crippen LogP contribution in [0.5, 0.6) is 5.75 Å². The molecule has 2 aromatic rings. The summed E-state index contributed by atoms with van der Waals surface area (Å²) < 4.78 is 0. The van der Waals surface area contributed by atoms with Gasteiger partial charge in [-0.1, -0.05) is 18.2 Å². The van der Waals surface area contributed by atoms with Gasteiger partial charge in [-0.3, -0.25) is 4.79 Å².